The maximum absolute atomic E-state index is 5.91. The van der Waals surface area contributed by atoms with Gasteiger partial charge in [-0.3, -0.25) is 0 Å². The van der Waals surface area contributed by atoms with Crippen LogP contribution in [0.4, 0.5) is 5.95 Å². The number of piperidine rings is 1. The van der Waals surface area contributed by atoms with E-state index in [4.69, 9.17) is 16.0 Å². The summed E-state index contributed by atoms with van der Waals surface area (Å²) in [7, 11) is 0. The summed E-state index contributed by atoms with van der Waals surface area (Å²) in [5.74, 6) is 1.78. The van der Waals surface area contributed by atoms with E-state index in [0.717, 1.165) is 42.9 Å². The minimum atomic E-state index is 0.264. The van der Waals surface area contributed by atoms with Crippen LogP contribution in [-0.4, -0.2) is 28.0 Å². The van der Waals surface area contributed by atoms with Gasteiger partial charge in [0.1, 0.15) is 5.52 Å². The lowest BCUT2D eigenvalue weighted by Gasteiger charge is -2.31. The van der Waals surface area contributed by atoms with Gasteiger partial charge in [-0.05, 0) is 25.0 Å². The van der Waals surface area contributed by atoms with Crippen LogP contribution in [0.15, 0.2) is 41.1 Å². The number of nitrogens with zero attached hydrogens (tertiary/aromatic N) is 4. The summed E-state index contributed by atoms with van der Waals surface area (Å²) in [5, 5.41) is 0.552. The fraction of sp³-hybridized carbons (Fsp3) is 0.312. The molecular formula is C16H15ClN4O. The Morgan fingerprint density at radius 3 is 2.82 bits per heavy atom. The number of fused-ring (bicyclic) bond motifs is 1. The lowest BCUT2D eigenvalue weighted by atomic mass is 9.98. The molecule has 1 unspecified atom stereocenters. The van der Waals surface area contributed by atoms with Crippen molar-refractivity contribution < 1.29 is 4.42 Å². The van der Waals surface area contributed by atoms with Crippen LogP contribution in [0.2, 0.25) is 5.02 Å². The average molecular weight is 315 g/mol. The topological polar surface area (TPSA) is 55.1 Å². The minimum Gasteiger partial charge on any atom is -0.440 e. The van der Waals surface area contributed by atoms with E-state index in [2.05, 4.69) is 19.9 Å². The molecular weight excluding hydrogens is 300 g/mol. The number of hydrogen-bond donors (Lipinski definition) is 0. The van der Waals surface area contributed by atoms with Crippen LogP contribution < -0.4 is 4.90 Å². The highest BCUT2D eigenvalue weighted by Crippen LogP contribution is 2.30. The first-order valence-electron chi connectivity index (χ1n) is 7.37. The van der Waals surface area contributed by atoms with Gasteiger partial charge in [0.2, 0.25) is 5.95 Å². The number of halogens is 1. The highest BCUT2D eigenvalue weighted by atomic mass is 35.5. The summed E-state index contributed by atoms with van der Waals surface area (Å²) < 4.78 is 5.91. The first-order chi connectivity index (χ1) is 10.8. The molecule has 4 rings (SSSR count). The number of rotatable bonds is 2. The van der Waals surface area contributed by atoms with E-state index in [1.807, 2.05) is 24.3 Å². The molecule has 112 valence electrons. The highest BCUT2D eigenvalue weighted by Gasteiger charge is 2.26. The molecule has 1 saturated heterocycles. The second kappa shape index (κ2) is 5.57. The quantitative estimate of drug-likeness (QED) is 0.722. The Morgan fingerprint density at radius 1 is 1.18 bits per heavy atom. The Morgan fingerprint density at radius 2 is 2.00 bits per heavy atom. The molecule has 1 atom stereocenters. The number of hydrogen-bond acceptors (Lipinski definition) is 5. The third-order valence-electron chi connectivity index (χ3n) is 3.97. The molecule has 22 heavy (non-hydrogen) atoms. The van der Waals surface area contributed by atoms with Crippen LogP contribution in [0.25, 0.3) is 11.1 Å². The van der Waals surface area contributed by atoms with Gasteiger partial charge in [-0.15, -0.1) is 0 Å². The zero-order chi connectivity index (χ0) is 14.9. The molecule has 3 heterocycles. The van der Waals surface area contributed by atoms with Gasteiger partial charge in [-0.1, -0.05) is 23.7 Å². The molecule has 0 N–H and O–H groups in total. The van der Waals surface area contributed by atoms with E-state index < -0.39 is 0 Å². The molecule has 0 spiro atoms. The van der Waals surface area contributed by atoms with Crippen molar-refractivity contribution in [2.24, 2.45) is 0 Å². The third kappa shape index (κ3) is 2.52. The van der Waals surface area contributed by atoms with Gasteiger partial charge in [-0.2, -0.15) is 0 Å². The zero-order valence-electron chi connectivity index (χ0n) is 11.9. The van der Waals surface area contributed by atoms with Crippen LogP contribution in [-0.2, 0) is 0 Å². The van der Waals surface area contributed by atoms with Gasteiger partial charge >= 0.3 is 0 Å². The summed E-state index contributed by atoms with van der Waals surface area (Å²) in [5.41, 5.74) is 1.76. The number of anilines is 1. The van der Waals surface area contributed by atoms with Gasteiger partial charge in [0, 0.05) is 13.1 Å². The largest absolute Gasteiger partial charge is 0.440 e. The van der Waals surface area contributed by atoms with Crippen LogP contribution >= 0.6 is 11.6 Å². The van der Waals surface area contributed by atoms with E-state index >= 15 is 0 Å². The molecule has 1 aliphatic heterocycles. The van der Waals surface area contributed by atoms with Crippen molar-refractivity contribution in [3.63, 3.8) is 0 Å². The van der Waals surface area contributed by atoms with E-state index in [1.54, 1.807) is 12.4 Å². The van der Waals surface area contributed by atoms with Crippen molar-refractivity contribution in [2.75, 3.05) is 18.0 Å². The lowest BCUT2D eigenvalue weighted by Crippen LogP contribution is -2.35. The molecule has 0 aliphatic carbocycles. The summed E-state index contributed by atoms with van der Waals surface area (Å²) in [4.78, 5) is 15.4. The minimum absolute atomic E-state index is 0.264. The zero-order valence-corrected chi connectivity index (χ0v) is 12.7. The van der Waals surface area contributed by atoms with Crippen molar-refractivity contribution in [3.8, 4) is 0 Å². The Balaban J connectivity index is 1.58. The Kier molecular flexibility index (Phi) is 3.42. The molecule has 0 bridgehead atoms. The smallest absolute Gasteiger partial charge is 0.225 e. The predicted molar refractivity (Wildman–Crippen MR) is 85.2 cm³/mol. The van der Waals surface area contributed by atoms with E-state index in [1.165, 1.54) is 0 Å². The van der Waals surface area contributed by atoms with Gasteiger partial charge < -0.3 is 9.32 Å². The number of oxazole rings is 1. The molecule has 5 nitrogen and oxygen atoms in total. The van der Waals surface area contributed by atoms with Crippen molar-refractivity contribution in [2.45, 2.75) is 18.8 Å². The standard InChI is InChI=1S/C16H15ClN4O/c17-12-8-18-16(19-9-12)21-7-3-4-11(10-21)15-20-13-5-1-2-6-14(13)22-15/h1-2,5-6,8-9,11H,3-4,7,10H2. The Hall–Kier alpha value is -2.14. The average Bonchev–Trinajstić information content (AvgIpc) is 3.00. The van der Waals surface area contributed by atoms with Crippen LogP contribution in [0.3, 0.4) is 0 Å². The maximum atomic E-state index is 5.91. The van der Waals surface area contributed by atoms with Gasteiger partial charge in [0.15, 0.2) is 11.5 Å². The van der Waals surface area contributed by atoms with Crippen molar-refractivity contribution >= 4 is 28.6 Å². The summed E-state index contributed by atoms with van der Waals surface area (Å²) >= 11 is 5.85. The monoisotopic (exact) mass is 314 g/mol. The van der Waals surface area contributed by atoms with Crippen molar-refractivity contribution in [1.29, 1.82) is 0 Å². The summed E-state index contributed by atoms with van der Waals surface area (Å²) in [6, 6.07) is 7.87. The molecule has 0 saturated carbocycles. The molecule has 6 heteroatoms. The van der Waals surface area contributed by atoms with Crippen molar-refractivity contribution in [3.05, 3.63) is 47.6 Å². The molecule has 0 radical (unpaired) electrons. The molecule has 0 amide bonds. The first-order valence-corrected chi connectivity index (χ1v) is 7.75. The molecule has 1 fully saturated rings. The molecule has 1 aliphatic rings. The van der Waals surface area contributed by atoms with Gasteiger partial charge in [-0.25, -0.2) is 15.0 Å². The van der Waals surface area contributed by atoms with Gasteiger partial charge in [0.25, 0.3) is 0 Å². The molecule has 3 aromatic rings. The van der Waals surface area contributed by atoms with Crippen LogP contribution in [0.5, 0.6) is 0 Å². The highest BCUT2D eigenvalue weighted by molar-refractivity contribution is 6.30. The SMILES string of the molecule is Clc1cnc(N2CCCC(c3nc4ccccc4o3)C2)nc1. The van der Waals surface area contributed by atoms with Crippen LogP contribution in [0.1, 0.15) is 24.7 Å². The number of benzene rings is 1. The third-order valence-corrected chi connectivity index (χ3v) is 4.17. The fourth-order valence-electron chi connectivity index (χ4n) is 2.89. The fourth-order valence-corrected chi connectivity index (χ4v) is 2.99. The molecule has 2 aromatic heterocycles. The van der Waals surface area contributed by atoms with Crippen LogP contribution in [0, 0.1) is 0 Å². The van der Waals surface area contributed by atoms with Crippen molar-refractivity contribution in [1.82, 2.24) is 15.0 Å². The van der Waals surface area contributed by atoms with E-state index in [-0.39, 0.29) is 5.92 Å². The van der Waals surface area contributed by atoms with E-state index in [0.29, 0.717) is 11.0 Å². The molecule has 1 aromatic carbocycles. The second-order valence-electron chi connectivity index (χ2n) is 5.51. The Labute approximate surface area is 133 Å². The summed E-state index contributed by atoms with van der Waals surface area (Å²) in [6.07, 6.45) is 5.40. The second-order valence-corrected chi connectivity index (χ2v) is 5.94. The van der Waals surface area contributed by atoms with E-state index in [9.17, 15) is 0 Å². The number of para-hydroxylation sites is 2. The first kappa shape index (κ1) is 13.5. The predicted octanol–water partition coefficient (Wildman–Crippen LogP) is 3.66. The normalized spacial score (nSPS) is 18.8. The lowest BCUT2D eigenvalue weighted by molar-refractivity contribution is 0.411. The van der Waals surface area contributed by atoms with Gasteiger partial charge in [0.05, 0.1) is 23.3 Å². The maximum Gasteiger partial charge on any atom is 0.225 e. The summed E-state index contributed by atoms with van der Waals surface area (Å²) in [6.45, 7) is 1.76. The Bertz CT molecular complexity index is 753. The number of aromatic nitrogens is 3.